The van der Waals surface area contributed by atoms with E-state index in [2.05, 4.69) is 0 Å². The average Bonchev–Trinajstić information content (AvgIpc) is 3.26. The van der Waals surface area contributed by atoms with Crippen LogP contribution in [0.5, 0.6) is 0 Å². The molecule has 0 unspecified atom stereocenters. The van der Waals surface area contributed by atoms with Gasteiger partial charge in [0.1, 0.15) is 0 Å². The monoisotopic (exact) mass is 321 g/mol. The zero-order chi connectivity index (χ0) is 16.4. The van der Waals surface area contributed by atoms with E-state index in [9.17, 15) is 9.59 Å². The number of anilines is 1. The molecule has 1 aromatic rings. The summed E-state index contributed by atoms with van der Waals surface area (Å²) < 4.78 is 0. The molecule has 4 atom stereocenters. The van der Waals surface area contributed by atoms with E-state index in [0.29, 0.717) is 11.8 Å². The Bertz CT molecular complexity index is 736. The third kappa shape index (κ3) is 1.73. The van der Waals surface area contributed by atoms with E-state index in [1.165, 1.54) is 17.7 Å². The molecule has 4 aliphatic rings. The fourth-order valence-corrected chi connectivity index (χ4v) is 5.94. The van der Waals surface area contributed by atoms with Gasteiger partial charge in [-0.25, -0.2) is 4.90 Å². The molecule has 5 rings (SSSR count). The van der Waals surface area contributed by atoms with Gasteiger partial charge in [-0.2, -0.15) is 0 Å². The van der Waals surface area contributed by atoms with Crippen molar-refractivity contribution in [2.45, 2.75) is 45.4 Å². The van der Waals surface area contributed by atoms with Crippen molar-refractivity contribution in [1.82, 2.24) is 0 Å². The SMILES string of the molecule is Cc1ccccc1N1C(=O)[C@@H]2[C@H](C1=O)[C@H]1CCCC1=C1CCC[C@H]12. The molecule has 0 spiro atoms. The highest BCUT2D eigenvalue weighted by Gasteiger charge is 2.59. The number of rotatable bonds is 1. The first kappa shape index (κ1) is 14.4. The van der Waals surface area contributed by atoms with Crippen LogP contribution >= 0.6 is 0 Å². The van der Waals surface area contributed by atoms with Gasteiger partial charge >= 0.3 is 0 Å². The second kappa shape index (κ2) is 5.05. The summed E-state index contributed by atoms with van der Waals surface area (Å²) in [5.41, 5.74) is 4.92. The van der Waals surface area contributed by atoms with Crippen molar-refractivity contribution in [1.29, 1.82) is 0 Å². The predicted molar refractivity (Wildman–Crippen MR) is 92.4 cm³/mol. The summed E-state index contributed by atoms with van der Waals surface area (Å²) >= 11 is 0. The van der Waals surface area contributed by atoms with Crippen molar-refractivity contribution in [2.75, 3.05) is 4.90 Å². The molecule has 2 amide bonds. The third-order valence-corrected chi connectivity index (χ3v) is 6.85. The predicted octanol–water partition coefficient (Wildman–Crippen LogP) is 4.01. The Morgan fingerprint density at radius 2 is 1.42 bits per heavy atom. The van der Waals surface area contributed by atoms with Crippen LogP contribution in [0.2, 0.25) is 0 Å². The molecule has 3 fully saturated rings. The van der Waals surface area contributed by atoms with Crippen LogP contribution in [-0.2, 0) is 9.59 Å². The number of carbonyl (C=O) groups is 2. The highest BCUT2D eigenvalue weighted by Crippen LogP contribution is 2.58. The Morgan fingerprint density at radius 1 is 0.875 bits per heavy atom. The second-order valence-electron chi connectivity index (χ2n) is 7.90. The Morgan fingerprint density at radius 3 is 1.96 bits per heavy atom. The summed E-state index contributed by atoms with van der Waals surface area (Å²) in [6.45, 7) is 1.98. The molecule has 1 aromatic carbocycles. The highest BCUT2D eigenvalue weighted by atomic mass is 16.2. The molecule has 3 heteroatoms. The van der Waals surface area contributed by atoms with Crippen molar-refractivity contribution in [2.24, 2.45) is 23.7 Å². The van der Waals surface area contributed by atoms with E-state index < -0.39 is 0 Å². The lowest BCUT2D eigenvalue weighted by molar-refractivity contribution is -0.122. The van der Waals surface area contributed by atoms with Gasteiger partial charge in [0.15, 0.2) is 0 Å². The maximum Gasteiger partial charge on any atom is 0.238 e. The quantitative estimate of drug-likeness (QED) is 0.579. The van der Waals surface area contributed by atoms with Crippen molar-refractivity contribution in [3.8, 4) is 0 Å². The standard InChI is InChI=1S/C21H23NO2/c1-12-6-2-3-11-17(12)22-20(23)18-15-9-4-7-13(15)14-8-5-10-16(14)19(18)21(22)24/h2-3,6,11,15-16,18-19H,4-5,7-10H2,1H3/t15-,16+,18+,19-. The summed E-state index contributed by atoms with van der Waals surface area (Å²) in [6, 6.07) is 7.78. The van der Waals surface area contributed by atoms with E-state index >= 15 is 0 Å². The minimum Gasteiger partial charge on any atom is -0.274 e. The number of hydrogen-bond donors (Lipinski definition) is 0. The molecule has 0 aromatic heterocycles. The number of benzene rings is 1. The van der Waals surface area contributed by atoms with Gasteiger partial charge in [0.2, 0.25) is 11.8 Å². The molecule has 0 N–H and O–H groups in total. The summed E-state index contributed by atoms with van der Waals surface area (Å²) in [6.07, 6.45) is 6.87. The second-order valence-corrected chi connectivity index (χ2v) is 7.90. The topological polar surface area (TPSA) is 37.4 Å². The van der Waals surface area contributed by atoms with E-state index in [1.54, 1.807) is 11.1 Å². The van der Waals surface area contributed by atoms with Gasteiger partial charge in [0.25, 0.3) is 0 Å². The van der Waals surface area contributed by atoms with Crippen LogP contribution in [0.3, 0.4) is 0 Å². The molecular weight excluding hydrogens is 298 g/mol. The Hall–Kier alpha value is -1.90. The molecule has 1 saturated heterocycles. The largest absolute Gasteiger partial charge is 0.274 e. The van der Waals surface area contributed by atoms with E-state index in [0.717, 1.165) is 36.9 Å². The molecule has 0 bridgehead atoms. The Kier molecular flexibility index (Phi) is 3.04. The molecule has 1 aliphatic heterocycles. The van der Waals surface area contributed by atoms with Gasteiger partial charge < -0.3 is 0 Å². The number of aryl methyl sites for hydroxylation is 1. The summed E-state index contributed by atoms with van der Waals surface area (Å²) in [7, 11) is 0. The van der Waals surface area contributed by atoms with Crippen LogP contribution in [0.1, 0.15) is 44.1 Å². The smallest absolute Gasteiger partial charge is 0.238 e. The van der Waals surface area contributed by atoms with Crippen LogP contribution in [0.4, 0.5) is 5.69 Å². The van der Waals surface area contributed by atoms with Gasteiger partial charge in [-0.1, -0.05) is 29.3 Å². The maximum atomic E-state index is 13.3. The van der Waals surface area contributed by atoms with Gasteiger partial charge in [0, 0.05) is 0 Å². The molecule has 0 radical (unpaired) electrons. The minimum absolute atomic E-state index is 0.0645. The molecule has 124 valence electrons. The molecule has 3 aliphatic carbocycles. The third-order valence-electron chi connectivity index (χ3n) is 6.85. The van der Waals surface area contributed by atoms with Crippen molar-refractivity contribution in [3.63, 3.8) is 0 Å². The Labute approximate surface area is 142 Å². The first-order valence-electron chi connectivity index (χ1n) is 9.33. The fraction of sp³-hybridized carbons (Fsp3) is 0.524. The summed E-state index contributed by atoms with van der Waals surface area (Å²) in [5.74, 6) is 0.613. The van der Waals surface area contributed by atoms with Crippen LogP contribution < -0.4 is 4.90 Å². The fourth-order valence-electron chi connectivity index (χ4n) is 5.94. The van der Waals surface area contributed by atoms with Crippen molar-refractivity contribution in [3.05, 3.63) is 41.0 Å². The van der Waals surface area contributed by atoms with Crippen LogP contribution in [0, 0.1) is 30.6 Å². The molecule has 3 nitrogen and oxygen atoms in total. The van der Waals surface area contributed by atoms with Crippen molar-refractivity contribution >= 4 is 17.5 Å². The first-order chi connectivity index (χ1) is 11.7. The zero-order valence-electron chi connectivity index (χ0n) is 14.1. The number of hydrogen-bond acceptors (Lipinski definition) is 2. The lowest BCUT2D eigenvalue weighted by Crippen LogP contribution is -2.35. The highest BCUT2D eigenvalue weighted by molar-refractivity contribution is 6.23. The zero-order valence-corrected chi connectivity index (χ0v) is 14.1. The number of carbonyl (C=O) groups excluding carboxylic acids is 2. The molecule has 24 heavy (non-hydrogen) atoms. The number of fused-ring (bicyclic) bond motifs is 5. The lowest BCUT2D eigenvalue weighted by Gasteiger charge is -2.34. The van der Waals surface area contributed by atoms with Crippen LogP contribution in [0.25, 0.3) is 0 Å². The first-order valence-corrected chi connectivity index (χ1v) is 9.33. The maximum absolute atomic E-state index is 13.3. The molecule has 1 heterocycles. The van der Waals surface area contributed by atoms with Gasteiger partial charge in [-0.3, -0.25) is 9.59 Å². The van der Waals surface area contributed by atoms with Gasteiger partial charge in [-0.05, 0) is 68.9 Å². The number of nitrogens with zero attached hydrogens (tertiary/aromatic N) is 1. The molecule has 2 saturated carbocycles. The number of allylic oxidation sites excluding steroid dienone is 2. The molecular formula is C21H23NO2. The Balaban J connectivity index is 1.63. The summed E-state index contributed by atoms with van der Waals surface area (Å²) in [4.78, 5) is 28.2. The minimum atomic E-state index is -0.0959. The van der Waals surface area contributed by atoms with E-state index in [4.69, 9.17) is 0 Å². The van der Waals surface area contributed by atoms with E-state index in [1.807, 2.05) is 31.2 Å². The average molecular weight is 321 g/mol. The van der Waals surface area contributed by atoms with Crippen LogP contribution in [0.15, 0.2) is 35.4 Å². The van der Waals surface area contributed by atoms with E-state index in [-0.39, 0.29) is 23.7 Å². The number of amides is 2. The normalized spacial score (nSPS) is 34.6. The number of para-hydroxylation sites is 1. The van der Waals surface area contributed by atoms with Crippen LogP contribution in [-0.4, -0.2) is 11.8 Å². The van der Waals surface area contributed by atoms with Crippen molar-refractivity contribution < 1.29 is 9.59 Å². The number of imide groups is 1. The van der Waals surface area contributed by atoms with Gasteiger partial charge in [0.05, 0.1) is 17.5 Å². The van der Waals surface area contributed by atoms with Gasteiger partial charge in [-0.15, -0.1) is 0 Å². The lowest BCUT2D eigenvalue weighted by atomic mass is 9.66. The summed E-state index contributed by atoms with van der Waals surface area (Å²) in [5, 5.41) is 0.